The van der Waals surface area contributed by atoms with Crippen molar-refractivity contribution < 1.29 is 18.0 Å². The molecule has 6 nitrogen and oxygen atoms in total. The Labute approximate surface area is 130 Å². The number of rotatable bonds is 3. The van der Waals surface area contributed by atoms with Gasteiger partial charge in [0, 0.05) is 12.7 Å². The van der Waals surface area contributed by atoms with Crippen LogP contribution >= 0.6 is 0 Å². The summed E-state index contributed by atoms with van der Waals surface area (Å²) in [6.45, 7) is 5.48. The van der Waals surface area contributed by atoms with Crippen LogP contribution in [0.4, 0.5) is 11.4 Å². The fraction of sp³-hybridized carbons (Fsp3) is 0.467. The number of nitrogens with one attached hydrogen (secondary N) is 1. The molecule has 0 saturated carbocycles. The maximum atomic E-state index is 12.3. The number of hydrogen-bond donors (Lipinski definition) is 1. The molecule has 0 radical (unpaired) electrons. The summed E-state index contributed by atoms with van der Waals surface area (Å²) >= 11 is 0. The summed E-state index contributed by atoms with van der Waals surface area (Å²) in [6, 6.07) is 3.84. The molecule has 2 rings (SSSR count). The number of fused-ring (bicyclic) bond motifs is 1. The first-order chi connectivity index (χ1) is 10.2. The van der Waals surface area contributed by atoms with Crippen molar-refractivity contribution in [3.05, 3.63) is 18.2 Å². The van der Waals surface area contributed by atoms with E-state index in [0.717, 1.165) is 6.26 Å². The van der Waals surface area contributed by atoms with E-state index in [0.29, 0.717) is 11.4 Å². The molecule has 1 aliphatic rings. The number of anilines is 2. The first-order valence-corrected chi connectivity index (χ1v) is 9.03. The smallest absolute Gasteiger partial charge is 0.247 e. The molecule has 0 unspecified atom stereocenters. The molecular weight excluding hydrogens is 304 g/mol. The quantitative estimate of drug-likeness (QED) is 0.919. The van der Waals surface area contributed by atoms with Gasteiger partial charge in [-0.25, -0.2) is 8.42 Å². The molecule has 2 amide bonds. The molecule has 1 aromatic rings. The number of carbonyl (C=O) groups excluding carboxylic acids is 2. The number of benzene rings is 1. The van der Waals surface area contributed by atoms with Crippen molar-refractivity contribution in [3.63, 3.8) is 0 Å². The fourth-order valence-corrected chi connectivity index (χ4v) is 3.24. The molecule has 0 saturated heterocycles. The standard InChI is InChI=1S/C15H20N2O4S/c1-5-13(18)17-12-7-6-10(22(4,20)21)8-11(12)16-15(19)14(17)9(2)3/h6-9,14H,5H2,1-4H3,(H,16,19)/t14-/m0/s1. The Kier molecular flexibility index (Phi) is 4.28. The number of nitrogens with zero attached hydrogens (tertiary/aromatic N) is 1. The lowest BCUT2D eigenvalue weighted by molar-refractivity contribution is -0.124. The van der Waals surface area contributed by atoms with Gasteiger partial charge in [-0.05, 0) is 24.1 Å². The molecular formula is C15H20N2O4S. The van der Waals surface area contributed by atoms with E-state index in [-0.39, 0.29) is 29.0 Å². The number of amides is 2. The van der Waals surface area contributed by atoms with Crippen LogP contribution in [0.2, 0.25) is 0 Å². The second-order valence-electron chi connectivity index (χ2n) is 5.75. The van der Waals surface area contributed by atoms with Crippen molar-refractivity contribution in [2.75, 3.05) is 16.5 Å². The van der Waals surface area contributed by atoms with Gasteiger partial charge in [-0.2, -0.15) is 0 Å². The molecule has 0 aromatic heterocycles. The van der Waals surface area contributed by atoms with Crippen molar-refractivity contribution in [1.29, 1.82) is 0 Å². The van der Waals surface area contributed by atoms with Crippen molar-refractivity contribution >= 4 is 33.0 Å². The third-order valence-electron chi connectivity index (χ3n) is 3.66. The molecule has 1 aromatic carbocycles. The normalized spacial score (nSPS) is 18.1. The molecule has 1 aliphatic heterocycles. The molecule has 120 valence electrons. The minimum absolute atomic E-state index is 0.0572. The monoisotopic (exact) mass is 324 g/mol. The van der Waals surface area contributed by atoms with Crippen molar-refractivity contribution in [2.45, 2.75) is 38.1 Å². The summed E-state index contributed by atoms with van der Waals surface area (Å²) in [6.07, 6.45) is 1.37. The SMILES string of the molecule is CCC(=O)N1c2ccc(S(C)(=O)=O)cc2NC(=O)[C@@H]1C(C)C. The summed E-state index contributed by atoms with van der Waals surface area (Å²) in [7, 11) is -3.38. The molecule has 7 heteroatoms. The second kappa shape index (κ2) is 5.72. The Bertz CT molecular complexity index is 725. The second-order valence-corrected chi connectivity index (χ2v) is 7.76. The van der Waals surface area contributed by atoms with E-state index in [1.807, 2.05) is 13.8 Å². The van der Waals surface area contributed by atoms with Gasteiger partial charge in [0.25, 0.3) is 0 Å². The molecule has 0 bridgehead atoms. The molecule has 0 fully saturated rings. The highest BCUT2D eigenvalue weighted by Crippen LogP contribution is 2.36. The van der Waals surface area contributed by atoms with Gasteiger partial charge < -0.3 is 5.32 Å². The van der Waals surface area contributed by atoms with Crippen LogP contribution in [0.1, 0.15) is 27.2 Å². The van der Waals surface area contributed by atoms with Crippen LogP contribution in [0.5, 0.6) is 0 Å². The summed E-state index contributed by atoms with van der Waals surface area (Å²) in [5, 5.41) is 2.72. The van der Waals surface area contributed by atoms with E-state index in [4.69, 9.17) is 0 Å². The maximum absolute atomic E-state index is 12.3. The van der Waals surface area contributed by atoms with E-state index in [1.165, 1.54) is 17.0 Å². The Hall–Kier alpha value is -1.89. The topological polar surface area (TPSA) is 83.6 Å². The highest BCUT2D eigenvalue weighted by molar-refractivity contribution is 7.90. The third kappa shape index (κ3) is 2.85. The first-order valence-electron chi connectivity index (χ1n) is 7.13. The van der Waals surface area contributed by atoms with Crippen LogP contribution in [-0.2, 0) is 19.4 Å². The van der Waals surface area contributed by atoms with Gasteiger partial charge in [0.15, 0.2) is 9.84 Å². The van der Waals surface area contributed by atoms with Crippen LogP contribution < -0.4 is 10.2 Å². The van der Waals surface area contributed by atoms with Gasteiger partial charge in [0.2, 0.25) is 11.8 Å². The van der Waals surface area contributed by atoms with Gasteiger partial charge in [-0.1, -0.05) is 20.8 Å². The first kappa shape index (κ1) is 16.5. The van der Waals surface area contributed by atoms with E-state index >= 15 is 0 Å². The third-order valence-corrected chi connectivity index (χ3v) is 4.77. The summed E-state index contributed by atoms with van der Waals surface area (Å²) < 4.78 is 23.3. The zero-order valence-corrected chi connectivity index (χ0v) is 13.9. The van der Waals surface area contributed by atoms with E-state index in [9.17, 15) is 18.0 Å². The Morgan fingerprint density at radius 3 is 2.50 bits per heavy atom. The van der Waals surface area contributed by atoms with Crippen LogP contribution in [0, 0.1) is 5.92 Å². The lowest BCUT2D eigenvalue weighted by atomic mass is 9.97. The molecule has 0 spiro atoms. The summed E-state index contributed by atoms with van der Waals surface area (Å²) in [5.41, 5.74) is 0.893. The molecule has 1 N–H and O–H groups in total. The average Bonchev–Trinajstić information content (AvgIpc) is 2.42. The van der Waals surface area contributed by atoms with Crippen LogP contribution in [0.3, 0.4) is 0 Å². The lowest BCUT2D eigenvalue weighted by Gasteiger charge is -2.38. The molecule has 0 aliphatic carbocycles. The van der Waals surface area contributed by atoms with Crippen molar-refractivity contribution in [3.8, 4) is 0 Å². The van der Waals surface area contributed by atoms with Gasteiger partial charge in [0.05, 0.1) is 16.3 Å². The number of hydrogen-bond acceptors (Lipinski definition) is 4. The largest absolute Gasteiger partial charge is 0.322 e. The number of sulfone groups is 1. The minimum atomic E-state index is -3.38. The van der Waals surface area contributed by atoms with E-state index in [2.05, 4.69) is 5.32 Å². The van der Waals surface area contributed by atoms with E-state index in [1.54, 1.807) is 13.0 Å². The Balaban J connectivity index is 2.62. The van der Waals surface area contributed by atoms with Crippen LogP contribution in [-0.4, -0.2) is 32.5 Å². The zero-order chi connectivity index (χ0) is 16.7. The minimum Gasteiger partial charge on any atom is -0.322 e. The van der Waals surface area contributed by atoms with Gasteiger partial charge in [-0.15, -0.1) is 0 Å². The Morgan fingerprint density at radius 2 is 2.00 bits per heavy atom. The van der Waals surface area contributed by atoms with Crippen LogP contribution in [0.25, 0.3) is 0 Å². The highest BCUT2D eigenvalue weighted by Gasteiger charge is 2.38. The summed E-state index contributed by atoms with van der Waals surface area (Å²) in [5.74, 6) is -0.518. The summed E-state index contributed by atoms with van der Waals surface area (Å²) in [4.78, 5) is 26.2. The van der Waals surface area contributed by atoms with Gasteiger partial charge in [0.1, 0.15) is 6.04 Å². The fourth-order valence-electron chi connectivity index (χ4n) is 2.59. The van der Waals surface area contributed by atoms with Crippen molar-refractivity contribution in [2.24, 2.45) is 5.92 Å². The van der Waals surface area contributed by atoms with E-state index < -0.39 is 15.9 Å². The predicted molar refractivity (Wildman–Crippen MR) is 84.6 cm³/mol. The molecule has 1 heterocycles. The molecule has 1 atom stereocenters. The number of carbonyl (C=O) groups is 2. The van der Waals surface area contributed by atoms with Gasteiger partial charge >= 0.3 is 0 Å². The average molecular weight is 324 g/mol. The van der Waals surface area contributed by atoms with Crippen molar-refractivity contribution in [1.82, 2.24) is 0 Å². The Morgan fingerprint density at radius 1 is 1.36 bits per heavy atom. The predicted octanol–water partition coefficient (Wildman–Crippen LogP) is 1.81. The maximum Gasteiger partial charge on any atom is 0.247 e. The van der Waals surface area contributed by atoms with Crippen LogP contribution in [0.15, 0.2) is 23.1 Å². The highest BCUT2D eigenvalue weighted by atomic mass is 32.2. The zero-order valence-electron chi connectivity index (χ0n) is 13.1. The lowest BCUT2D eigenvalue weighted by Crippen LogP contribution is -2.53. The van der Waals surface area contributed by atoms with Gasteiger partial charge in [-0.3, -0.25) is 14.5 Å². The molecule has 22 heavy (non-hydrogen) atoms.